The van der Waals surface area contributed by atoms with Crippen LogP contribution in [0.25, 0.3) is 0 Å². The highest BCUT2D eigenvalue weighted by Gasteiger charge is 2.14. The van der Waals surface area contributed by atoms with Gasteiger partial charge in [-0.05, 0) is 29.8 Å². The Balaban J connectivity index is 2.20. The van der Waals surface area contributed by atoms with Crippen LogP contribution in [0.1, 0.15) is 11.1 Å². The van der Waals surface area contributed by atoms with Gasteiger partial charge < -0.3 is 10.5 Å². The molecule has 20 heavy (non-hydrogen) atoms. The fourth-order valence-electron chi connectivity index (χ4n) is 1.62. The first kappa shape index (κ1) is 14.9. The molecule has 0 aliphatic carbocycles. The zero-order valence-electron chi connectivity index (χ0n) is 10.2. The van der Waals surface area contributed by atoms with E-state index in [2.05, 4.69) is 28.1 Å². The molecule has 0 aromatic heterocycles. The number of hydrogen-bond donors (Lipinski definition) is 1. The first-order valence-corrected chi connectivity index (χ1v) is 6.83. The summed E-state index contributed by atoms with van der Waals surface area (Å²) in [6.07, 6.45) is 0. The third-order valence-corrected chi connectivity index (χ3v) is 3.28. The molecule has 0 saturated carbocycles. The van der Waals surface area contributed by atoms with Gasteiger partial charge in [0.05, 0.1) is 0 Å². The molecule has 2 aromatic rings. The molecule has 0 aliphatic rings. The Hall–Kier alpha value is -1.53. The summed E-state index contributed by atoms with van der Waals surface area (Å²) < 4.78 is 33.6. The molecule has 6 heteroatoms. The van der Waals surface area contributed by atoms with Crippen molar-refractivity contribution in [2.24, 2.45) is 5.73 Å². The fourth-order valence-corrected chi connectivity index (χ4v) is 2.19. The quantitative estimate of drug-likeness (QED) is 0.841. The molecule has 0 heterocycles. The van der Waals surface area contributed by atoms with Crippen LogP contribution in [0.3, 0.4) is 0 Å². The van der Waals surface area contributed by atoms with Crippen LogP contribution in [0.4, 0.5) is 8.78 Å². The lowest BCUT2D eigenvalue weighted by molar-refractivity contribution is 0.274. The molecule has 2 aromatic carbocycles. The largest absolute Gasteiger partial charge is 0.483 e. The minimum Gasteiger partial charge on any atom is -0.483 e. The third kappa shape index (κ3) is 3.52. The Kier molecular flexibility index (Phi) is 4.67. The second-order valence-electron chi connectivity index (χ2n) is 4.05. The second kappa shape index (κ2) is 6.28. The van der Waals surface area contributed by atoms with Crippen molar-refractivity contribution in [1.29, 1.82) is 0 Å². The van der Waals surface area contributed by atoms with Gasteiger partial charge in [-0.3, -0.25) is 0 Å². The lowest BCUT2D eigenvalue weighted by atomic mass is 10.2. The molecule has 0 spiro atoms. The zero-order chi connectivity index (χ0) is 14.7. The van der Waals surface area contributed by atoms with Gasteiger partial charge >= 0.3 is 0 Å². The summed E-state index contributed by atoms with van der Waals surface area (Å²) in [6.45, 7) is 0.0553. The van der Waals surface area contributed by atoms with Gasteiger partial charge in [-0.2, -0.15) is 0 Å². The molecular formula is C14H10BrF2NOS. The van der Waals surface area contributed by atoms with Crippen LogP contribution in [0.2, 0.25) is 0 Å². The summed E-state index contributed by atoms with van der Waals surface area (Å²) in [4.78, 5) is -0.0682. The summed E-state index contributed by atoms with van der Waals surface area (Å²) in [5.74, 6) is -2.10. The monoisotopic (exact) mass is 357 g/mol. The van der Waals surface area contributed by atoms with E-state index in [0.29, 0.717) is 0 Å². The fraction of sp³-hybridized carbons (Fsp3) is 0.0714. The Bertz CT molecular complexity index is 640. The number of hydrogen-bond acceptors (Lipinski definition) is 2. The molecule has 0 amide bonds. The molecule has 0 radical (unpaired) electrons. The molecular weight excluding hydrogens is 348 g/mol. The SMILES string of the molecule is NC(=S)c1cc(F)c(OCc2cccc(Br)c2)c(F)c1. The number of benzene rings is 2. The minimum absolute atomic E-state index is 0.0553. The summed E-state index contributed by atoms with van der Waals surface area (Å²) in [5.41, 5.74) is 6.25. The predicted octanol–water partition coefficient (Wildman–Crippen LogP) is 3.94. The van der Waals surface area contributed by atoms with Crippen molar-refractivity contribution in [3.05, 3.63) is 63.6 Å². The van der Waals surface area contributed by atoms with Crippen molar-refractivity contribution < 1.29 is 13.5 Å². The number of ether oxygens (including phenoxy) is 1. The maximum atomic E-state index is 13.8. The van der Waals surface area contributed by atoms with Crippen LogP contribution >= 0.6 is 28.1 Å². The van der Waals surface area contributed by atoms with Crippen LogP contribution in [-0.2, 0) is 6.61 Å². The minimum atomic E-state index is -0.831. The Morgan fingerprint density at radius 2 is 1.85 bits per heavy atom. The van der Waals surface area contributed by atoms with Crippen LogP contribution in [0.15, 0.2) is 40.9 Å². The Labute approximate surface area is 128 Å². The highest BCUT2D eigenvalue weighted by molar-refractivity contribution is 9.10. The first-order chi connectivity index (χ1) is 9.47. The highest BCUT2D eigenvalue weighted by Crippen LogP contribution is 2.24. The van der Waals surface area contributed by atoms with Crippen molar-refractivity contribution >= 4 is 33.1 Å². The second-order valence-corrected chi connectivity index (χ2v) is 5.41. The zero-order valence-corrected chi connectivity index (χ0v) is 12.6. The van der Waals surface area contributed by atoms with E-state index in [-0.39, 0.29) is 17.2 Å². The van der Waals surface area contributed by atoms with E-state index in [4.69, 9.17) is 10.5 Å². The Morgan fingerprint density at radius 3 is 2.40 bits per heavy atom. The van der Waals surface area contributed by atoms with Crippen LogP contribution < -0.4 is 10.5 Å². The van der Waals surface area contributed by atoms with Crippen molar-refractivity contribution in [3.63, 3.8) is 0 Å². The van der Waals surface area contributed by atoms with Crippen LogP contribution in [-0.4, -0.2) is 4.99 Å². The van der Waals surface area contributed by atoms with Crippen LogP contribution in [0.5, 0.6) is 5.75 Å². The summed E-state index contributed by atoms with van der Waals surface area (Å²) in [7, 11) is 0. The maximum absolute atomic E-state index is 13.8. The predicted molar refractivity (Wildman–Crippen MR) is 80.7 cm³/mol. The van der Waals surface area contributed by atoms with Crippen molar-refractivity contribution in [2.75, 3.05) is 0 Å². The first-order valence-electron chi connectivity index (χ1n) is 5.63. The van der Waals surface area contributed by atoms with Crippen LogP contribution in [0, 0.1) is 11.6 Å². The summed E-state index contributed by atoms with van der Waals surface area (Å²) in [6, 6.07) is 9.37. The summed E-state index contributed by atoms with van der Waals surface area (Å²) in [5, 5.41) is 0. The molecule has 104 valence electrons. The van der Waals surface area contributed by atoms with Crippen molar-refractivity contribution in [3.8, 4) is 5.75 Å². The molecule has 0 unspecified atom stereocenters. The number of halogens is 3. The van der Waals surface area contributed by atoms with E-state index in [1.165, 1.54) is 0 Å². The van der Waals surface area contributed by atoms with Gasteiger partial charge in [0.1, 0.15) is 11.6 Å². The lowest BCUT2D eigenvalue weighted by Crippen LogP contribution is -2.11. The van der Waals surface area contributed by atoms with E-state index in [1.807, 2.05) is 12.1 Å². The van der Waals surface area contributed by atoms with E-state index in [0.717, 1.165) is 22.2 Å². The average molecular weight is 358 g/mol. The number of thiocarbonyl (C=S) groups is 1. The summed E-state index contributed by atoms with van der Waals surface area (Å²) >= 11 is 7.99. The van der Waals surface area contributed by atoms with Gasteiger partial charge in [-0.15, -0.1) is 0 Å². The number of rotatable bonds is 4. The normalized spacial score (nSPS) is 10.3. The van der Waals surface area contributed by atoms with E-state index in [1.54, 1.807) is 12.1 Å². The van der Waals surface area contributed by atoms with Gasteiger partial charge in [-0.25, -0.2) is 8.78 Å². The van der Waals surface area contributed by atoms with Gasteiger partial charge in [0.15, 0.2) is 17.4 Å². The molecule has 0 bridgehead atoms. The van der Waals surface area contributed by atoms with E-state index < -0.39 is 17.4 Å². The molecule has 0 saturated heterocycles. The molecule has 2 N–H and O–H groups in total. The van der Waals surface area contributed by atoms with Gasteiger partial charge in [0, 0.05) is 10.0 Å². The molecule has 0 fully saturated rings. The average Bonchev–Trinajstić information content (AvgIpc) is 2.37. The van der Waals surface area contributed by atoms with Crippen molar-refractivity contribution in [1.82, 2.24) is 0 Å². The number of nitrogens with two attached hydrogens (primary N) is 1. The highest BCUT2D eigenvalue weighted by atomic mass is 79.9. The van der Waals surface area contributed by atoms with Gasteiger partial charge in [0.2, 0.25) is 0 Å². The smallest absolute Gasteiger partial charge is 0.191 e. The standard InChI is InChI=1S/C14H10BrF2NOS/c15-10-3-1-2-8(4-10)7-19-13-11(16)5-9(14(18)20)6-12(13)17/h1-6H,7H2,(H2,18,20). The van der Waals surface area contributed by atoms with Gasteiger partial charge in [-0.1, -0.05) is 40.3 Å². The maximum Gasteiger partial charge on any atom is 0.191 e. The van der Waals surface area contributed by atoms with Crippen molar-refractivity contribution in [2.45, 2.75) is 6.61 Å². The van der Waals surface area contributed by atoms with Gasteiger partial charge in [0.25, 0.3) is 0 Å². The lowest BCUT2D eigenvalue weighted by Gasteiger charge is -2.10. The third-order valence-electron chi connectivity index (χ3n) is 2.56. The molecule has 0 atom stereocenters. The van der Waals surface area contributed by atoms with E-state index >= 15 is 0 Å². The van der Waals surface area contributed by atoms with E-state index in [9.17, 15) is 8.78 Å². The molecule has 2 rings (SSSR count). The molecule has 0 aliphatic heterocycles. The Morgan fingerprint density at radius 1 is 1.20 bits per heavy atom. The molecule has 2 nitrogen and oxygen atoms in total. The topological polar surface area (TPSA) is 35.2 Å².